The van der Waals surface area contributed by atoms with Crippen LogP contribution in [0.4, 0.5) is 8.78 Å². The van der Waals surface area contributed by atoms with E-state index in [-0.39, 0.29) is 5.75 Å². The summed E-state index contributed by atoms with van der Waals surface area (Å²) in [4.78, 5) is 2.46. The minimum Gasteiger partial charge on any atom is -0.435 e. The van der Waals surface area contributed by atoms with Gasteiger partial charge in [-0.15, -0.1) is 0 Å². The van der Waals surface area contributed by atoms with Crippen LogP contribution in [0, 0.1) is 5.92 Å². The average Bonchev–Trinajstić information content (AvgIpc) is 2.91. The second kappa shape index (κ2) is 4.94. The molecule has 4 nitrogen and oxygen atoms in total. The maximum absolute atomic E-state index is 12.4. The zero-order valence-electron chi connectivity index (χ0n) is 11.6. The highest BCUT2D eigenvalue weighted by Gasteiger charge is 2.36. The van der Waals surface area contributed by atoms with E-state index in [1.165, 1.54) is 25.9 Å². The largest absolute Gasteiger partial charge is 0.435 e. The van der Waals surface area contributed by atoms with Gasteiger partial charge in [-0.2, -0.15) is 13.9 Å². The van der Waals surface area contributed by atoms with E-state index >= 15 is 0 Å². The topological polar surface area (TPSA) is 30.3 Å². The molecule has 0 amide bonds. The Labute approximate surface area is 121 Å². The highest BCUT2D eigenvalue weighted by Crippen LogP contribution is 2.37. The lowest BCUT2D eigenvalue weighted by Crippen LogP contribution is -2.48. The Hall–Kier alpha value is -1.69. The Bertz CT molecular complexity index is 649. The fourth-order valence-corrected chi connectivity index (χ4v) is 3.67. The zero-order chi connectivity index (χ0) is 14.4. The quantitative estimate of drug-likeness (QED) is 0.871. The highest BCUT2D eigenvalue weighted by atomic mass is 19.3. The van der Waals surface area contributed by atoms with Crippen LogP contribution in [0.15, 0.2) is 24.4 Å². The number of aromatic nitrogens is 2. The predicted octanol–water partition coefficient (Wildman–Crippen LogP) is 2.90. The number of rotatable bonds is 3. The lowest BCUT2D eigenvalue weighted by molar-refractivity contribution is -0.0497. The van der Waals surface area contributed by atoms with Crippen molar-refractivity contribution >= 4 is 10.9 Å². The minimum absolute atomic E-state index is 0.195. The van der Waals surface area contributed by atoms with E-state index in [2.05, 4.69) is 14.7 Å². The van der Waals surface area contributed by atoms with Crippen LogP contribution in [0.1, 0.15) is 18.9 Å². The van der Waals surface area contributed by atoms with Crippen LogP contribution < -0.4 is 4.74 Å². The van der Waals surface area contributed by atoms with E-state index in [0.29, 0.717) is 12.0 Å². The highest BCUT2D eigenvalue weighted by molar-refractivity contribution is 5.80. The normalized spacial score (nSPS) is 28.4. The van der Waals surface area contributed by atoms with Crippen molar-refractivity contribution in [2.24, 2.45) is 5.92 Å². The molecule has 0 aliphatic carbocycles. The second-order valence-corrected chi connectivity index (χ2v) is 5.89. The number of halogens is 2. The summed E-state index contributed by atoms with van der Waals surface area (Å²) in [5, 5.41) is 5.47. The van der Waals surface area contributed by atoms with Crippen LogP contribution in [-0.2, 0) is 0 Å². The predicted molar refractivity (Wildman–Crippen MR) is 74.6 cm³/mol. The molecule has 3 aliphatic heterocycles. The van der Waals surface area contributed by atoms with Gasteiger partial charge in [0.15, 0.2) is 0 Å². The fraction of sp³-hybridized carbons (Fsp3) is 0.533. The zero-order valence-corrected chi connectivity index (χ0v) is 11.6. The van der Waals surface area contributed by atoms with Gasteiger partial charge in [-0.25, -0.2) is 0 Å². The van der Waals surface area contributed by atoms with E-state index in [1.807, 2.05) is 4.68 Å². The van der Waals surface area contributed by atoms with Crippen LogP contribution in [0.5, 0.6) is 5.75 Å². The van der Waals surface area contributed by atoms with E-state index in [0.717, 1.165) is 17.4 Å². The first kappa shape index (κ1) is 13.0. The number of fused-ring (bicyclic) bond motifs is 4. The maximum Gasteiger partial charge on any atom is 0.387 e. The van der Waals surface area contributed by atoms with Gasteiger partial charge in [0.1, 0.15) is 5.75 Å². The van der Waals surface area contributed by atoms with E-state index < -0.39 is 6.61 Å². The first-order chi connectivity index (χ1) is 10.2. The molecule has 3 saturated heterocycles. The smallest absolute Gasteiger partial charge is 0.387 e. The molecular formula is C15H17F2N3O. The summed E-state index contributed by atoms with van der Waals surface area (Å²) >= 11 is 0. The fourth-order valence-electron chi connectivity index (χ4n) is 3.67. The molecule has 2 aromatic rings. The van der Waals surface area contributed by atoms with Crippen molar-refractivity contribution in [3.05, 3.63) is 24.4 Å². The number of hydrogen-bond acceptors (Lipinski definition) is 3. The van der Waals surface area contributed by atoms with Gasteiger partial charge in [0.05, 0.1) is 17.8 Å². The van der Waals surface area contributed by atoms with Gasteiger partial charge in [-0.3, -0.25) is 4.68 Å². The number of ether oxygens (including phenoxy) is 1. The first-order valence-electron chi connectivity index (χ1n) is 7.35. The number of hydrogen-bond donors (Lipinski definition) is 0. The van der Waals surface area contributed by atoms with Crippen molar-refractivity contribution in [3.63, 3.8) is 0 Å². The van der Waals surface area contributed by atoms with Crippen LogP contribution in [0.2, 0.25) is 0 Å². The number of alkyl halides is 2. The van der Waals surface area contributed by atoms with Crippen LogP contribution >= 0.6 is 0 Å². The Balaban J connectivity index is 1.71. The second-order valence-electron chi connectivity index (χ2n) is 5.89. The summed E-state index contributed by atoms with van der Waals surface area (Å²) in [7, 11) is 0. The number of benzene rings is 1. The van der Waals surface area contributed by atoms with Gasteiger partial charge >= 0.3 is 6.61 Å². The third kappa shape index (κ3) is 2.27. The monoisotopic (exact) mass is 293 g/mol. The first-order valence-corrected chi connectivity index (χ1v) is 7.35. The summed E-state index contributed by atoms with van der Waals surface area (Å²) < 4.78 is 31.3. The summed E-state index contributed by atoms with van der Waals surface area (Å²) in [6, 6.07) is 5.37. The van der Waals surface area contributed by atoms with E-state index in [9.17, 15) is 8.78 Å². The molecule has 0 spiro atoms. The van der Waals surface area contributed by atoms with Crippen molar-refractivity contribution in [2.75, 3.05) is 19.6 Å². The SMILES string of the molecule is FC(F)Oc1ccc2cnn([C@@H]3CN4CCC3CC4)c2c1. The van der Waals surface area contributed by atoms with E-state index in [4.69, 9.17) is 0 Å². The molecule has 1 aromatic carbocycles. The third-order valence-corrected chi connectivity index (χ3v) is 4.73. The third-order valence-electron chi connectivity index (χ3n) is 4.73. The molecule has 4 heterocycles. The molecule has 0 saturated carbocycles. The number of piperidine rings is 3. The summed E-state index contributed by atoms with van der Waals surface area (Å²) in [5.74, 6) is 0.832. The molecule has 2 bridgehead atoms. The Morgan fingerprint density at radius 3 is 2.71 bits per heavy atom. The van der Waals surface area contributed by atoms with Gasteiger partial charge < -0.3 is 9.64 Å². The Kier molecular flexibility index (Phi) is 3.06. The average molecular weight is 293 g/mol. The molecule has 112 valence electrons. The molecule has 6 heteroatoms. The number of nitrogens with zero attached hydrogens (tertiary/aromatic N) is 3. The van der Waals surface area contributed by atoms with Crippen molar-refractivity contribution in [3.8, 4) is 5.75 Å². The van der Waals surface area contributed by atoms with Crippen LogP contribution in [0.3, 0.4) is 0 Å². The maximum atomic E-state index is 12.4. The van der Waals surface area contributed by atoms with Gasteiger partial charge in [0, 0.05) is 18.0 Å². The minimum atomic E-state index is -2.80. The lowest BCUT2D eigenvalue weighted by atomic mass is 9.84. The molecule has 0 unspecified atom stereocenters. The lowest BCUT2D eigenvalue weighted by Gasteiger charge is -2.44. The van der Waals surface area contributed by atoms with Crippen molar-refractivity contribution in [1.29, 1.82) is 0 Å². The molecular weight excluding hydrogens is 276 g/mol. The van der Waals surface area contributed by atoms with Crippen molar-refractivity contribution < 1.29 is 13.5 Å². The van der Waals surface area contributed by atoms with Gasteiger partial charge in [0.25, 0.3) is 0 Å². The molecule has 0 radical (unpaired) electrons. The Morgan fingerprint density at radius 1 is 1.24 bits per heavy atom. The molecule has 1 aromatic heterocycles. The summed E-state index contributed by atoms with van der Waals surface area (Å²) in [6.07, 6.45) is 4.19. The van der Waals surface area contributed by atoms with Crippen molar-refractivity contribution in [1.82, 2.24) is 14.7 Å². The molecule has 1 atom stereocenters. The standard InChI is InChI=1S/C15H17F2N3O/c16-15(17)21-12-2-1-11-8-18-20(13(11)7-12)14-9-19-5-3-10(14)4-6-19/h1-2,7-8,10,14-15H,3-6,9H2/t14-/m1/s1. The van der Waals surface area contributed by atoms with Gasteiger partial charge in [-0.05, 0) is 44.0 Å². The van der Waals surface area contributed by atoms with Gasteiger partial charge in [0.2, 0.25) is 0 Å². The molecule has 5 rings (SSSR count). The van der Waals surface area contributed by atoms with E-state index in [1.54, 1.807) is 24.4 Å². The molecule has 3 fully saturated rings. The molecule has 21 heavy (non-hydrogen) atoms. The van der Waals surface area contributed by atoms with Crippen LogP contribution in [-0.4, -0.2) is 40.9 Å². The Morgan fingerprint density at radius 2 is 2.05 bits per heavy atom. The molecule has 0 N–H and O–H groups in total. The summed E-state index contributed by atoms with van der Waals surface area (Å²) in [5.41, 5.74) is 0.881. The summed E-state index contributed by atoms with van der Waals surface area (Å²) in [6.45, 7) is 0.539. The molecule has 3 aliphatic rings. The van der Waals surface area contributed by atoms with Crippen LogP contribution in [0.25, 0.3) is 10.9 Å². The van der Waals surface area contributed by atoms with Gasteiger partial charge in [-0.1, -0.05) is 0 Å². The van der Waals surface area contributed by atoms with Crippen molar-refractivity contribution in [2.45, 2.75) is 25.5 Å².